The van der Waals surface area contributed by atoms with Crippen LogP contribution in [0, 0.1) is 23.0 Å². The Morgan fingerprint density at radius 2 is 1.90 bits per heavy atom. The van der Waals surface area contributed by atoms with E-state index in [-0.39, 0.29) is 23.7 Å². The molecule has 0 aliphatic rings. The number of hydrogen-bond acceptors (Lipinski definition) is 2. The molecular formula is C16H13ClF2N2. The molecule has 0 radical (unpaired) electrons. The summed E-state index contributed by atoms with van der Waals surface area (Å²) in [6, 6.07) is 10.9. The third kappa shape index (κ3) is 3.78. The summed E-state index contributed by atoms with van der Waals surface area (Å²) in [5.74, 6) is -1.45. The minimum absolute atomic E-state index is 0.0249. The second kappa shape index (κ2) is 6.66. The lowest BCUT2D eigenvalue weighted by Gasteiger charge is -2.15. The molecule has 2 nitrogen and oxygen atoms in total. The molecule has 0 spiro atoms. The summed E-state index contributed by atoms with van der Waals surface area (Å²) in [5, 5.41) is 12.3. The van der Waals surface area contributed by atoms with E-state index in [9.17, 15) is 8.78 Å². The molecule has 21 heavy (non-hydrogen) atoms. The van der Waals surface area contributed by atoms with Gasteiger partial charge >= 0.3 is 0 Å². The van der Waals surface area contributed by atoms with Gasteiger partial charge in [0.05, 0.1) is 11.6 Å². The van der Waals surface area contributed by atoms with Crippen molar-refractivity contribution in [3.05, 3.63) is 69.7 Å². The van der Waals surface area contributed by atoms with Crippen LogP contribution in [0.25, 0.3) is 0 Å². The van der Waals surface area contributed by atoms with Crippen LogP contribution in [-0.2, 0) is 6.54 Å². The monoisotopic (exact) mass is 306 g/mol. The first kappa shape index (κ1) is 15.4. The Morgan fingerprint density at radius 3 is 2.48 bits per heavy atom. The Kier molecular flexibility index (Phi) is 4.89. The van der Waals surface area contributed by atoms with Gasteiger partial charge in [-0.15, -0.1) is 0 Å². The molecule has 0 amide bonds. The minimum Gasteiger partial charge on any atom is -0.306 e. The van der Waals surface area contributed by atoms with E-state index in [1.807, 2.05) is 19.1 Å². The van der Waals surface area contributed by atoms with Crippen LogP contribution in [0.4, 0.5) is 8.78 Å². The Balaban J connectivity index is 2.12. The van der Waals surface area contributed by atoms with Crippen molar-refractivity contribution in [1.82, 2.24) is 5.32 Å². The molecule has 0 saturated heterocycles. The number of hydrogen-bond donors (Lipinski definition) is 1. The first-order valence-corrected chi connectivity index (χ1v) is 6.76. The van der Waals surface area contributed by atoms with Gasteiger partial charge in [-0.3, -0.25) is 0 Å². The molecule has 1 atom stereocenters. The number of nitriles is 1. The van der Waals surface area contributed by atoms with Crippen LogP contribution < -0.4 is 5.32 Å². The van der Waals surface area contributed by atoms with Crippen LogP contribution in [0.1, 0.15) is 29.7 Å². The fraction of sp³-hybridized carbons (Fsp3) is 0.188. The summed E-state index contributed by atoms with van der Waals surface area (Å²) >= 11 is 5.91. The molecule has 2 aromatic carbocycles. The van der Waals surface area contributed by atoms with E-state index in [0.717, 1.165) is 17.7 Å². The number of nitrogens with one attached hydrogen (secondary N) is 1. The first-order chi connectivity index (χ1) is 10.0. The highest BCUT2D eigenvalue weighted by Gasteiger charge is 2.13. The fourth-order valence-corrected chi connectivity index (χ4v) is 2.18. The first-order valence-electron chi connectivity index (χ1n) is 6.38. The van der Waals surface area contributed by atoms with Crippen LogP contribution in [0.3, 0.4) is 0 Å². The van der Waals surface area contributed by atoms with Crippen LogP contribution in [0.15, 0.2) is 36.4 Å². The average molecular weight is 307 g/mol. The third-order valence-electron chi connectivity index (χ3n) is 3.20. The Hall–Kier alpha value is -1.96. The van der Waals surface area contributed by atoms with Gasteiger partial charge in [-0.1, -0.05) is 23.7 Å². The molecule has 108 valence electrons. The number of nitrogens with zero attached hydrogens (tertiary/aromatic N) is 1. The largest absolute Gasteiger partial charge is 0.306 e. The lowest BCUT2D eigenvalue weighted by atomic mass is 10.1. The lowest BCUT2D eigenvalue weighted by Crippen LogP contribution is -2.19. The van der Waals surface area contributed by atoms with E-state index in [0.29, 0.717) is 5.02 Å². The maximum Gasteiger partial charge on any atom is 0.131 e. The number of benzene rings is 2. The minimum atomic E-state index is -0.725. The second-order valence-corrected chi connectivity index (χ2v) is 5.12. The van der Waals surface area contributed by atoms with E-state index in [1.54, 1.807) is 18.2 Å². The SMILES string of the molecule is C[C@@H](NCc1c(F)cc(C#N)cc1F)c1cccc(Cl)c1. The molecule has 0 aliphatic carbocycles. The van der Waals surface area contributed by atoms with Gasteiger partial charge in [-0.25, -0.2) is 8.78 Å². The quantitative estimate of drug-likeness (QED) is 0.912. The second-order valence-electron chi connectivity index (χ2n) is 4.69. The van der Waals surface area contributed by atoms with Gasteiger partial charge in [0.25, 0.3) is 0 Å². The molecule has 2 aromatic rings. The Morgan fingerprint density at radius 1 is 1.24 bits per heavy atom. The predicted octanol–water partition coefficient (Wildman–Crippen LogP) is 4.34. The number of halogens is 3. The highest BCUT2D eigenvalue weighted by molar-refractivity contribution is 6.30. The predicted molar refractivity (Wildman–Crippen MR) is 77.8 cm³/mol. The summed E-state index contributed by atoms with van der Waals surface area (Å²) in [6.07, 6.45) is 0. The van der Waals surface area contributed by atoms with E-state index in [4.69, 9.17) is 16.9 Å². The molecule has 2 rings (SSSR count). The van der Waals surface area contributed by atoms with E-state index >= 15 is 0 Å². The van der Waals surface area contributed by atoms with Crippen LogP contribution in [-0.4, -0.2) is 0 Å². The van der Waals surface area contributed by atoms with E-state index < -0.39 is 11.6 Å². The molecular weight excluding hydrogens is 294 g/mol. The highest BCUT2D eigenvalue weighted by atomic mass is 35.5. The van der Waals surface area contributed by atoms with Crippen LogP contribution >= 0.6 is 11.6 Å². The van der Waals surface area contributed by atoms with E-state index in [2.05, 4.69) is 5.32 Å². The van der Waals surface area contributed by atoms with Gasteiger partial charge in [0.2, 0.25) is 0 Å². The molecule has 0 heterocycles. The Bertz CT molecular complexity index is 672. The summed E-state index contributed by atoms with van der Waals surface area (Å²) in [5.41, 5.74) is 0.816. The molecule has 0 aliphatic heterocycles. The van der Waals surface area contributed by atoms with Gasteiger partial charge in [-0.2, -0.15) is 5.26 Å². The topological polar surface area (TPSA) is 35.8 Å². The molecule has 0 bridgehead atoms. The molecule has 0 unspecified atom stereocenters. The summed E-state index contributed by atoms with van der Waals surface area (Å²) in [7, 11) is 0. The van der Waals surface area contributed by atoms with Crippen molar-refractivity contribution in [1.29, 1.82) is 5.26 Å². The van der Waals surface area contributed by atoms with Gasteiger partial charge in [0.1, 0.15) is 11.6 Å². The average Bonchev–Trinajstić information content (AvgIpc) is 2.45. The van der Waals surface area contributed by atoms with Crippen LogP contribution in [0.2, 0.25) is 5.02 Å². The normalized spacial score (nSPS) is 12.0. The van der Waals surface area contributed by atoms with Gasteiger partial charge < -0.3 is 5.32 Å². The highest BCUT2D eigenvalue weighted by Crippen LogP contribution is 2.20. The van der Waals surface area contributed by atoms with Crippen molar-refractivity contribution < 1.29 is 8.78 Å². The smallest absolute Gasteiger partial charge is 0.131 e. The summed E-state index contributed by atoms with van der Waals surface area (Å²) in [4.78, 5) is 0. The van der Waals surface area contributed by atoms with Crippen molar-refractivity contribution in [2.75, 3.05) is 0 Å². The maximum absolute atomic E-state index is 13.8. The molecule has 0 fully saturated rings. The third-order valence-corrected chi connectivity index (χ3v) is 3.44. The standard InChI is InChI=1S/C16H13ClF2N2/c1-10(12-3-2-4-13(17)7-12)21-9-14-15(18)5-11(8-20)6-16(14)19/h2-7,10,21H,9H2,1H3/t10-/m1/s1. The Labute approximate surface area is 127 Å². The molecule has 5 heteroatoms. The van der Waals surface area contributed by atoms with Gasteiger partial charge in [0.15, 0.2) is 0 Å². The van der Waals surface area contributed by atoms with Crippen molar-refractivity contribution in [2.24, 2.45) is 0 Å². The fourth-order valence-electron chi connectivity index (χ4n) is 1.99. The van der Waals surface area contributed by atoms with Crippen molar-refractivity contribution >= 4 is 11.6 Å². The lowest BCUT2D eigenvalue weighted by molar-refractivity contribution is 0.509. The summed E-state index contributed by atoms with van der Waals surface area (Å²) in [6.45, 7) is 1.90. The van der Waals surface area contributed by atoms with Crippen molar-refractivity contribution in [2.45, 2.75) is 19.5 Å². The number of rotatable bonds is 4. The summed E-state index contributed by atoms with van der Waals surface area (Å²) < 4.78 is 27.5. The van der Waals surface area contributed by atoms with Gasteiger partial charge in [0, 0.05) is 23.2 Å². The maximum atomic E-state index is 13.8. The zero-order valence-electron chi connectivity index (χ0n) is 11.3. The van der Waals surface area contributed by atoms with E-state index in [1.165, 1.54) is 0 Å². The zero-order valence-corrected chi connectivity index (χ0v) is 12.1. The van der Waals surface area contributed by atoms with Gasteiger partial charge in [-0.05, 0) is 36.8 Å². The molecule has 1 N–H and O–H groups in total. The van der Waals surface area contributed by atoms with Crippen LogP contribution in [0.5, 0.6) is 0 Å². The van der Waals surface area contributed by atoms with Crippen molar-refractivity contribution in [3.63, 3.8) is 0 Å². The molecule has 0 aromatic heterocycles. The van der Waals surface area contributed by atoms with Crippen molar-refractivity contribution in [3.8, 4) is 6.07 Å². The molecule has 0 saturated carbocycles. The zero-order chi connectivity index (χ0) is 15.4.